The molecule has 0 bridgehead atoms. The SMILES string of the molecule is O=C1OCC[C@@H]1N[C@@H](c1ccccc1)C1CCC1. The second kappa shape index (κ2) is 5.11. The molecule has 1 N–H and O–H groups in total. The minimum Gasteiger partial charge on any atom is -0.464 e. The van der Waals surface area contributed by atoms with E-state index in [1.165, 1.54) is 24.8 Å². The molecule has 1 saturated carbocycles. The van der Waals surface area contributed by atoms with Crippen LogP contribution in [0.4, 0.5) is 0 Å². The number of cyclic esters (lactones) is 1. The summed E-state index contributed by atoms with van der Waals surface area (Å²) in [6, 6.07) is 10.6. The van der Waals surface area contributed by atoms with E-state index in [1.807, 2.05) is 6.07 Å². The van der Waals surface area contributed by atoms with Crippen LogP contribution >= 0.6 is 0 Å². The first-order chi connectivity index (χ1) is 8.84. The van der Waals surface area contributed by atoms with Crippen LogP contribution in [0.1, 0.15) is 37.3 Å². The van der Waals surface area contributed by atoms with E-state index >= 15 is 0 Å². The van der Waals surface area contributed by atoms with E-state index in [9.17, 15) is 4.79 Å². The van der Waals surface area contributed by atoms with Crippen molar-refractivity contribution in [2.45, 2.75) is 37.8 Å². The zero-order valence-corrected chi connectivity index (χ0v) is 10.5. The number of hydrogen-bond acceptors (Lipinski definition) is 3. The number of rotatable bonds is 4. The van der Waals surface area contributed by atoms with Crippen molar-refractivity contribution in [1.82, 2.24) is 5.32 Å². The zero-order chi connectivity index (χ0) is 12.4. The Labute approximate surface area is 108 Å². The minimum absolute atomic E-state index is 0.0877. The zero-order valence-electron chi connectivity index (χ0n) is 10.5. The highest BCUT2D eigenvalue weighted by Crippen LogP contribution is 2.38. The summed E-state index contributed by atoms with van der Waals surface area (Å²) < 4.78 is 5.03. The maximum absolute atomic E-state index is 11.6. The normalized spacial score (nSPS) is 25.6. The molecule has 3 heteroatoms. The summed E-state index contributed by atoms with van der Waals surface area (Å²) in [5.41, 5.74) is 1.29. The third-order valence-corrected chi connectivity index (χ3v) is 4.10. The summed E-state index contributed by atoms with van der Waals surface area (Å²) in [4.78, 5) is 11.6. The van der Waals surface area contributed by atoms with Crippen molar-refractivity contribution in [2.75, 3.05) is 6.61 Å². The number of hydrogen-bond donors (Lipinski definition) is 1. The summed E-state index contributed by atoms with van der Waals surface area (Å²) in [6.45, 7) is 0.558. The van der Waals surface area contributed by atoms with Crippen LogP contribution in [0.3, 0.4) is 0 Å². The maximum atomic E-state index is 11.6. The van der Waals surface area contributed by atoms with E-state index in [0.717, 1.165) is 6.42 Å². The molecule has 1 heterocycles. The molecule has 96 valence electrons. The summed E-state index contributed by atoms with van der Waals surface area (Å²) in [5.74, 6) is 0.580. The Hall–Kier alpha value is -1.35. The minimum atomic E-state index is -0.115. The van der Waals surface area contributed by atoms with Crippen LogP contribution in [0.15, 0.2) is 30.3 Å². The molecule has 2 aliphatic rings. The Kier molecular flexibility index (Phi) is 3.33. The van der Waals surface area contributed by atoms with Gasteiger partial charge in [-0.15, -0.1) is 0 Å². The largest absolute Gasteiger partial charge is 0.464 e. The molecule has 1 aromatic rings. The highest BCUT2D eigenvalue weighted by molar-refractivity contribution is 5.77. The topological polar surface area (TPSA) is 38.3 Å². The number of benzene rings is 1. The van der Waals surface area contributed by atoms with Crippen LogP contribution in [-0.2, 0) is 9.53 Å². The van der Waals surface area contributed by atoms with Crippen LogP contribution in [0.25, 0.3) is 0 Å². The molecule has 2 atom stereocenters. The molecule has 0 spiro atoms. The van der Waals surface area contributed by atoms with Crippen LogP contribution in [0, 0.1) is 5.92 Å². The van der Waals surface area contributed by atoms with Gasteiger partial charge in [-0.25, -0.2) is 0 Å². The van der Waals surface area contributed by atoms with Crippen molar-refractivity contribution < 1.29 is 9.53 Å². The van der Waals surface area contributed by atoms with Gasteiger partial charge < -0.3 is 4.74 Å². The number of esters is 1. The number of nitrogens with one attached hydrogen (secondary N) is 1. The number of carbonyl (C=O) groups excluding carboxylic acids is 1. The smallest absolute Gasteiger partial charge is 0.323 e. The molecule has 3 rings (SSSR count). The second-order valence-electron chi connectivity index (χ2n) is 5.25. The van der Waals surface area contributed by atoms with Crippen molar-refractivity contribution in [3.63, 3.8) is 0 Å². The lowest BCUT2D eigenvalue weighted by Gasteiger charge is -2.35. The maximum Gasteiger partial charge on any atom is 0.323 e. The van der Waals surface area contributed by atoms with E-state index in [-0.39, 0.29) is 12.0 Å². The van der Waals surface area contributed by atoms with E-state index in [2.05, 4.69) is 29.6 Å². The predicted octanol–water partition coefficient (Wildman–Crippen LogP) is 2.43. The lowest BCUT2D eigenvalue weighted by molar-refractivity contribution is -0.140. The van der Waals surface area contributed by atoms with Crippen molar-refractivity contribution in [2.24, 2.45) is 5.92 Å². The van der Waals surface area contributed by atoms with Crippen molar-refractivity contribution in [1.29, 1.82) is 0 Å². The predicted molar refractivity (Wildman–Crippen MR) is 69.0 cm³/mol. The van der Waals surface area contributed by atoms with Gasteiger partial charge in [-0.05, 0) is 24.3 Å². The molecular weight excluding hydrogens is 226 g/mol. The first-order valence-corrected chi connectivity index (χ1v) is 6.82. The van der Waals surface area contributed by atoms with Gasteiger partial charge in [-0.3, -0.25) is 10.1 Å². The van der Waals surface area contributed by atoms with Crippen LogP contribution < -0.4 is 5.32 Å². The summed E-state index contributed by atoms with van der Waals surface area (Å²) in [7, 11) is 0. The summed E-state index contributed by atoms with van der Waals surface area (Å²) in [5, 5.41) is 3.51. The molecule has 1 aliphatic carbocycles. The third kappa shape index (κ3) is 2.27. The Morgan fingerprint density at radius 3 is 2.50 bits per heavy atom. The molecule has 1 aliphatic heterocycles. The van der Waals surface area contributed by atoms with Crippen molar-refractivity contribution in [3.8, 4) is 0 Å². The molecule has 0 aromatic heterocycles. The van der Waals surface area contributed by atoms with E-state index in [4.69, 9.17) is 4.74 Å². The van der Waals surface area contributed by atoms with Crippen LogP contribution in [0.2, 0.25) is 0 Å². The molecule has 18 heavy (non-hydrogen) atoms. The standard InChI is InChI=1S/C15H19NO2/c17-15-13(9-10-18-15)16-14(12-7-4-8-12)11-5-2-1-3-6-11/h1-3,5-6,12-14,16H,4,7-10H2/t13-,14-/m0/s1. The summed E-state index contributed by atoms with van der Waals surface area (Å²) in [6.07, 6.45) is 4.63. The van der Waals surface area contributed by atoms with Gasteiger partial charge in [0.15, 0.2) is 0 Å². The first kappa shape index (κ1) is 11.7. The van der Waals surface area contributed by atoms with Gasteiger partial charge >= 0.3 is 5.97 Å². The molecule has 0 amide bonds. The lowest BCUT2D eigenvalue weighted by Crippen LogP contribution is -2.41. The van der Waals surface area contributed by atoms with E-state index in [0.29, 0.717) is 18.6 Å². The average molecular weight is 245 g/mol. The molecule has 1 saturated heterocycles. The second-order valence-corrected chi connectivity index (χ2v) is 5.25. The Balaban J connectivity index is 1.75. The van der Waals surface area contributed by atoms with Gasteiger partial charge in [0.2, 0.25) is 0 Å². The number of ether oxygens (including phenoxy) is 1. The van der Waals surface area contributed by atoms with Crippen molar-refractivity contribution in [3.05, 3.63) is 35.9 Å². The molecule has 0 radical (unpaired) electrons. The van der Waals surface area contributed by atoms with Crippen molar-refractivity contribution >= 4 is 5.97 Å². The third-order valence-electron chi connectivity index (χ3n) is 4.10. The summed E-state index contributed by atoms with van der Waals surface area (Å²) >= 11 is 0. The first-order valence-electron chi connectivity index (χ1n) is 6.82. The van der Waals surface area contributed by atoms with Crippen LogP contribution in [-0.4, -0.2) is 18.6 Å². The fraction of sp³-hybridized carbons (Fsp3) is 0.533. The monoisotopic (exact) mass is 245 g/mol. The van der Waals surface area contributed by atoms with Gasteiger partial charge in [-0.2, -0.15) is 0 Å². The Morgan fingerprint density at radius 1 is 1.17 bits per heavy atom. The highest BCUT2D eigenvalue weighted by atomic mass is 16.5. The highest BCUT2D eigenvalue weighted by Gasteiger charge is 2.34. The van der Waals surface area contributed by atoms with E-state index in [1.54, 1.807) is 0 Å². The van der Waals surface area contributed by atoms with E-state index < -0.39 is 0 Å². The van der Waals surface area contributed by atoms with Gasteiger partial charge in [0.05, 0.1) is 6.61 Å². The quantitative estimate of drug-likeness (QED) is 0.828. The van der Waals surface area contributed by atoms with Gasteiger partial charge in [0.25, 0.3) is 0 Å². The Morgan fingerprint density at radius 2 is 1.94 bits per heavy atom. The average Bonchev–Trinajstić information content (AvgIpc) is 2.73. The molecule has 2 fully saturated rings. The van der Waals surface area contributed by atoms with Gasteiger partial charge in [-0.1, -0.05) is 36.8 Å². The van der Waals surface area contributed by atoms with Gasteiger partial charge in [0.1, 0.15) is 6.04 Å². The lowest BCUT2D eigenvalue weighted by atomic mass is 9.77. The molecule has 3 nitrogen and oxygen atoms in total. The Bertz CT molecular complexity index is 414. The van der Waals surface area contributed by atoms with Crippen LogP contribution in [0.5, 0.6) is 0 Å². The molecule has 0 unspecified atom stereocenters. The fourth-order valence-corrected chi connectivity index (χ4v) is 2.80. The number of carbonyl (C=O) groups is 1. The fourth-order valence-electron chi connectivity index (χ4n) is 2.80. The van der Waals surface area contributed by atoms with Gasteiger partial charge in [0, 0.05) is 12.5 Å². The molecule has 1 aromatic carbocycles. The molecular formula is C15H19NO2.